The summed E-state index contributed by atoms with van der Waals surface area (Å²) in [6.07, 6.45) is 3.77. The molecule has 0 bridgehead atoms. The van der Waals surface area contributed by atoms with E-state index >= 15 is 0 Å². The molecule has 3 fully saturated rings. The van der Waals surface area contributed by atoms with Gasteiger partial charge in [0.15, 0.2) is 4.84 Å². The van der Waals surface area contributed by atoms with Crippen molar-refractivity contribution in [2.24, 2.45) is 5.92 Å². The van der Waals surface area contributed by atoms with Gasteiger partial charge in [-0.05, 0) is 38.8 Å². The number of hydrogen-bond donors (Lipinski definition) is 0. The molecule has 0 aliphatic carbocycles. The Morgan fingerprint density at radius 1 is 0.840 bits per heavy atom. The van der Waals surface area contributed by atoms with E-state index in [1.165, 1.54) is 0 Å². The van der Waals surface area contributed by atoms with Crippen molar-refractivity contribution in [3.8, 4) is 0 Å². The quantitative estimate of drug-likeness (QED) is 0.681. The maximum Gasteiger partial charge on any atom is 0.255 e. The van der Waals surface area contributed by atoms with Gasteiger partial charge in [0.25, 0.3) is 5.91 Å². The Morgan fingerprint density at radius 3 is 2.00 bits per heavy atom. The first-order chi connectivity index (χ1) is 12.1. The summed E-state index contributed by atoms with van der Waals surface area (Å²) in [5.41, 5.74) is 0. The molecule has 3 aliphatic heterocycles. The molecule has 0 spiro atoms. The predicted octanol–water partition coefficient (Wildman–Crippen LogP) is 1.35. The van der Waals surface area contributed by atoms with E-state index in [4.69, 9.17) is 27.9 Å². The zero-order valence-corrected chi connectivity index (χ0v) is 16.1. The lowest BCUT2D eigenvalue weighted by atomic mass is 9.92. The molecule has 6 nitrogen and oxygen atoms in total. The Labute approximate surface area is 159 Å². The number of morpholine rings is 1. The van der Waals surface area contributed by atoms with Gasteiger partial charge in [0.05, 0.1) is 13.2 Å². The van der Waals surface area contributed by atoms with Crippen LogP contribution in [0, 0.1) is 5.92 Å². The van der Waals surface area contributed by atoms with Crippen molar-refractivity contribution in [2.75, 3.05) is 52.5 Å². The molecule has 2 amide bonds. The zero-order valence-electron chi connectivity index (χ0n) is 14.5. The van der Waals surface area contributed by atoms with Crippen LogP contribution in [0.15, 0.2) is 0 Å². The lowest BCUT2D eigenvalue weighted by molar-refractivity contribution is -0.141. The number of hydrogen-bond acceptors (Lipinski definition) is 4. The van der Waals surface area contributed by atoms with Gasteiger partial charge in [0.1, 0.15) is 0 Å². The molecular formula is C17H27Cl2N3O3. The molecule has 25 heavy (non-hydrogen) atoms. The van der Waals surface area contributed by atoms with E-state index < -0.39 is 4.84 Å². The molecule has 0 aromatic rings. The van der Waals surface area contributed by atoms with E-state index in [-0.39, 0.29) is 11.8 Å². The topological polar surface area (TPSA) is 53.1 Å². The predicted molar refractivity (Wildman–Crippen MR) is 96.8 cm³/mol. The third kappa shape index (κ3) is 4.79. The van der Waals surface area contributed by atoms with Gasteiger partial charge in [0.2, 0.25) is 5.91 Å². The molecule has 0 aromatic carbocycles. The highest BCUT2D eigenvalue weighted by Gasteiger charge is 2.34. The van der Waals surface area contributed by atoms with Crippen molar-refractivity contribution in [2.45, 2.75) is 36.6 Å². The van der Waals surface area contributed by atoms with Crippen LogP contribution in [0.1, 0.15) is 25.7 Å². The van der Waals surface area contributed by atoms with Crippen LogP contribution in [0.5, 0.6) is 0 Å². The first kappa shape index (κ1) is 19.2. The minimum atomic E-state index is -0.960. The van der Waals surface area contributed by atoms with Gasteiger partial charge < -0.3 is 19.4 Å². The molecule has 3 rings (SSSR count). The molecule has 0 radical (unpaired) electrons. The third-order valence-electron chi connectivity index (χ3n) is 5.68. The van der Waals surface area contributed by atoms with Crippen LogP contribution in [-0.4, -0.2) is 89.9 Å². The average Bonchev–Trinajstić information content (AvgIpc) is 2.67. The van der Waals surface area contributed by atoms with Crippen LogP contribution in [0.3, 0.4) is 0 Å². The van der Waals surface area contributed by atoms with Crippen LogP contribution >= 0.6 is 23.2 Å². The van der Waals surface area contributed by atoms with E-state index in [9.17, 15) is 9.59 Å². The van der Waals surface area contributed by atoms with Crippen molar-refractivity contribution in [3.63, 3.8) is 0 Å². The average molecular weight is 392 g/mol. The van der Waals surface area contributed by atoms with Crippen LogP contribution in [0.4, 0.5) is 0 Å². The summed E-state index contributed by atoms with van der Waals surface area (Å²) in [7, 11) is 0. The number of halogens is 2. The van der Waals surface area contributed by atoms with Crippen molar-refractivity contribution in [1.82, 2.24) is 14.7 Å². The molecule has 3 saturated heterocycles. The monoisotopic (exact) mass is 391 g/mol. The molecule has 3 aliphatic rings. The van der Waals surface area contributed by atoms with Gasteiger partial charge in [-0.25, -0.2) is 0 Å². The number of nitrogens with zero attached hydrogens (tertiary/aromatic N) is 3. The molecule has 0 atom stereocenters. The molecule has 3 heterocycles. The van der Waals surface area contributed by atoms with Crippen molar-refractivity contribution in [1.29, 1.82) is 0 Å². The number of likely N-dealkylation sites (tertiary alicyclic amines) is 2. The summed E-state index contributed by atoms with van der Waals surface area (Å²) < 4.78 is 5.33. The maximum absolute atomic E-state index is 12.6. The minimum absolute atomic E-state index is 0.157. The fraction of sp³-hybridized carbons (Fsp3) is 0.882. The smallest absolute Gasteiger partial charge is 0.255 e. The van der Waals surface area contributed by atoms with Crippen LogP contribution in [-0.2, 0) is 14.3 Å². The Kier molecular flexibility index (Phi) is 6.83. The largest absolute Gasteiger partial charge is 0.378 e. The normalized spacial score (nSPS) is 24.8. The Bertz CT molecular complexity index is 470. The fourth-order valence-corrected chi connectivity index (χ4v) is 4.42. The molecule has 0 N–H and O–H groups in total. The first-order valence-electron chi connectivity index (χ1n) is 9.24. The second kappa shape index (κ2) is 8.89. The summed E-state index contributed by atoms with van der Waals surface area (Å²) in [4.78, 5) is 29.7. The van der Waals surface area contributed by atoms with Gasteiger partial charge in [-0.2, -0.15) is 0 Å². The SMILES string of the molecule is O=C(C(Cl)Cl)N1CCC(N2CCC(C(=O)N3CCOCC3)CC2)CC1. The second-order valence-electron chi connectivity index (χ2n) is 7.11. The summed E-state index contributed by atoms with van der Waals surface area (Å²) in [6, 6.07) is 0.493. The van der Waals surface area contributed by atoms with Crippen LogP contribution < -0.4 is 0 Å². The van der Waals surface area contributed by atoms with E-state index in [0.29, 0.717) is 38.3 Å². The first-order valence-corrected chi connectivity index (χ1v) is 10.1. The Balaban J connectivity index is 1.42. The van der Waals surface area contributed by atoms with Gasteiger partial charge >= 0.3 is 0 Å². The van der Waals surface area contributed by atoms with Crippen molar-refractivity contribution < 1.29 is 14.3 Å². The molecular weight excluding hydrogens is 365 g/mol. The number of rotatable bonds is 3. The van der Waals surface area contributed by atoms with Crippen molar-refractivity contribution in [3.05, 3.63) is 0 Å². The highest BCUT2D eigenvalue weighted by atomic mass is 35.5. The zero-order chi connectivity index (χ0) is 17.8. The van der Waals surface area contributed by atoms with Gasteiger partial charge in [-0.3, -0.25) is 9.59 Å². The third-order valence-corrected chi connectivity index (χ3v) is 6.05. The molecule has 142 valence electrons. The molecule has 0 unspecified atom stereocenters. The number of carbonyl (C=O) groups is 2. The summed E-state index contributed by atoms with van der Waals surface area (Å²) in [5, 5.41) is 0. The highest BCUT2D eigenvalue weighted by molar-refractivity contribution is 6.53. The Hall–Kier alpha value is -0.560. The van der Waals surface area contributed by atoms with Gasteiger partial charge in [-0.1, -0.05) is 23.2 Å². The van der Waals surface area contributed by atoms with E-state index in [0.717, 1.165) is 51.9 Å². The summed E-state index contributed by atoms with van der Waals surface area (Å²) >= 11 is 11.4. The summed E-state index contributed by atoms with van der Waals surface area (Å²) in [6.45, 7) is 6.14. The molecule has 0 aromatic heterocycles. The standard InChI is InChI=1S/C17H27Cl2N3O3/c18-15(19)17(24)21-7-3-14(4-8-21)20-5-1-13(2-6-20)16(23)22-9-11-25-12-10-22/h13-15H,1-12H2. The fourth-order valence-electron chi connectivity index (χ4n) is 4.14. The van der Waals surface area contributed by atoms with Gasteiger partial charge in [-0.15, -0.1) is 0 Å². The number of alkyl halides is 2. The van der Waals surface area contributed by atoms with Crippen molar-refractivity contribution >= 4 is 35.0 Å². The highest BCUT2D eigenvalue weighted by Crippen LogP contribution is 2.26. The van der Waals surface area contributed by atoms with Gasteiger partial charge in [0, 0.05) is 38.1 Å². The van der Waals surface area contributed by atoms with E-state index in [2.05, 4.69) is 4.90 Å². The Morgan fingerprint density at radius 2 is 1.44 bits per heavy atom. The number of carbonyl (C=O) groups excluding carboxylic acids is 2. The van der Waals surface area contributed by atoms with E-state index in [1.807, 2.05) is 4.90 Å². The van der Waals surface area contributed by atoms with Crippen LogP contribution in [0.25, 0.3) is 0 Å². The maximum atomic E-state index is 12.6. The van der Waals surface area contributed by atoms with E-state index in [1.54, 1.807) is 4.90 Å². The molecule has 0 saturated carbocycles. The lowest BCUT2D eigenvalue weighted by Gasteiger charge is -2.42. The molecule has 8 heteroatoms. The number of piperidine rings is 2. The summed E-state index contributed by atoms with van der Waals surface area (Å²) in [5.74, 6) is 0.277. The second-order valence-corrected chi connectivity index (χ2v) is 8.20. The lowest BCUT2D eigenvalue weighted by Crippen LogP contribution is -2.51. The minimum Gasteiger partial charge on any atom is -0.378 e. The number of amides is 2. The van der Waals surface area contributed by atoms with Crippen LogP contribution in [0.2, 0.25) is 0 Å². The number of ether oxygens (including phenoxy) is 1.